The first-order valence-corrected chi connectivity index (χ1v) is 11.5. The van der Waals surface area contributed by atoms with Crippen molar-refractivity contribution in [2.24, 2.45) is 0 Å². The predicted molar refractivity (Wildman–Crippen MR) is 125 cm³/mol. The summed E-state index contributed by atoms with van der Waals surface area (Å²) in [7, 11) is 1.48. The van der Waals surface area contributed by atoms with Crippen LogP contribution in [0.5, 0.6) is 5.75 Å². The van der Waals surface area contributed by atoms with Crippen LogP contribution in [-0.2, 0) is 21.2 Å². The average molecular weight is 497 g/mol. The van der Waals surface area contributed by atoms with Gasteiger partial charge in [0, 0.05) is 18.3 Å². The number of amides is 1. The van der Waals surface area contributed by atoms with Crippen molar-refractivity contribution in [3.05, 3.63) is 65.4 Å². The number of nitrogens with zero attached hydrogens (tertiary/aromatic N) is 3. The van der Waals surface area contributed by atoms with Crippen LogP contribution in [0.1, 0.15) is 42.0 Å². The summed E-state index contributed by atoms with van der Waals surface area (Å²) in [6.45, 7) is 0.254. The van der Waals surface area contributed by atoms with Crippen LogP contribution in [0.25, 0.3) is 0 Å². The number of anilines is 4. The minimum Gasteiger partial charge on any atom is -0.495 e. The van der Waals surface area contributed by atoms with Crippen LogP contribution in [0.15, 0.2) is 48.7 Å². The molecular formula is C25H22F3N5O3. The Labute approximate surface area is 204 Å². The van der Waals surface area contributed by atoms with Crippen molar-refractivity contribution >= 4 is 29.0 Å². The van der Waals surface area contributed by atoms with E-state index in [9.17, 15) is 18.0 Å². The number of carbonyl (C=O) groups excluding carboxylic acids is 1. The number of alkyl halides is 3. The Bertz CT molecular complexity index is 1340. The molecule has 6 rings (SSSR count). The number of hydroxylamine groups is 1. The van der Waals surface area contributed by atoms with Crippen LogP contribution >= 0.6 is 0 Å². The lowest BCUT2D eigenvalue weighted by Crippen LogP contribution is -2.26. The molecule has 2 N–H and O–H groups in total. The zero-order valence-corrected chi connectivity index (χ0v) is 19.2. The molecule has 186 valence electrons. The van der Waals surface area contributed by atoms with Gasteiger partial charge in [-0.05, 0) is 36.1 Å². The van der Waals surface area contributed by atoms with E-state index in [0.717, 1.165) is 30.2 Å². The van der Waals surface area contributed by atoms with Gasteiger partial charge in [-0.2, -0.15) is 18.2 Å². The first kappa shape index (κ1) is 22.6. The summed E-state index contributed by atoms with van der Waals surface area (Å²) in [6.07, 6.45) is -1.89. The fourth-order valence-electron chi connectivity index (χ4n) is 4.91. The molecule has 0 bridgehead atoms. The first-order valence-electron chi connectivity index (χ1n) is 11.5. The van der Waals surface area contributed by atoms with Gasteiger partial charge >= 0.3 is 6.18 Å². The smallest absolute Gasteiger partial charge is 0.421 e. The topological polar surface area (TPSA) is 88.6 Å². The number of aromatic nitrogens is 2. The van der Waals surface area contributed by atoms with E-state index in [0.29, 0.717) is 23.5 Å². The molecule has 2 aliphatic heterocycles. The molecule has 3 aliphatic rings. The number of benzene rings is 2. The normalized spacial score (nSPS) is 19.8. The quantitative estimate of drug-likeness (QED) is 0.506. The molecule has 11 heteroatoms. The number of ether oxygens (including phenoxy) is 1. The van der Waals surface area contributed by atoms with Crippen molar-refractivity contribution in [3.63, 3.8) is 0 Å². The van der Waals surface area contributed by atoms with Crippen molar-refractivity contribution in [1.29, 1.82) is 0 Å². The van der Waals surface area contributed by atoms with Crippen molar-refractivity contribution in [2.75, 3.05) is 29.4 Å². The maximum absolute atomic E-state index is 13.9. The molecule has 1 spiro atoms. The number of hydrogen-bond acceptors (Lipinski definition) is 7. The largest absolute Gasteiger partial charge is 0.495 e. The van der Waals surface area contributed by atoms with E-state index in [4.69, 9.17) is 9.57 Å². The van der Waals surface area contributed by atoms with E-state index in [-0.39, 0.29) is 24.3 Å². The van der Waals surface area contributed by atoms with E-state index in [1.807, 2.05) is 30.3 Å². The number of rotatable bonds is 5. The molecule has 1 saturated carbocycles. The average Bonchev–Trinajstić information content (AvgIpc) is 3.44. The molecule has 36 heavy (non-hydrogen) atoms. The minimum atomic E-state index is -4.69. The van der Waals surface area contributed by atoms with Gasteiger partial charge in [-0.25, -0.2) is 10.0 Å². The highest BCUT2D eigenvalue weighted by Gasteiger charge is 2.56. The van der Waals surface area contributed by atoms with Gasteiger partial charge in [0.1, 0.15) is 11.3 Å². The molecule has 2 fully saturated rings. The molecule has 1 saturated heterocycles. The van der Waals surface area contributed by atoms with Crippen molar-refractivity contribution in [3.8, 4) is 5.75 Å². The first-order chi connectivity index (χ1) is 17.3. The van der Waals surface area contributed by atoms with Crippen LogP contribution < -0.4 is 20.4 Å². The highest BCUT2D eigenvalue weighted by Crippen LogP contribution is 2.57. The maximum atomic E-state index is 13.9. The van der Waals surface area contributed by atoms with E-state index in [1.54, 1.807) is 12.1 Å². The lowest BCUT2D eigenvalue weighted by Gasteiger charge is -2.26. The Morgan fingerprint density at radius 3 is 2.69 bits per heavy atom. The van der Waals surface area contributed by atoms with Crippen LogP contribution in [-0.4, -0.2) is 29.6 Å². The molecule has 1 amide bonds. The maximum Gasteiger partial charge on any atom is 0.421 e. The molecule has 3 aromatic rings. The van der Waals surface area contributed by atoms with Gasteiger partial charge in [0.2, 0.25) is 11.9 Å². The molecule has 2 aromatic carbocycles. The van der Waals surface area contributed by atoms with Crippen molar-refractivity contribution < 1.29 is 27.5 Å². The second kappa shape index (κ2) is 8.09. The Hall–Kier alpha value is -3.86. The van der Waals surface area contributed by atoms with E-state index >= 15 is 0 Å². The number of carbonyl (C=O) groups is 1. The zero-order valence-electron chi connectivity index (χ0n) is 19.2. The van der Waals surface area contributed by atoms with Gasteiger partial charge < -0.3 is 15.4 Å². The molecule has 0 radical (unpaired) electrons. The van der Waals surface area contributed by atoms with Crippen molar-refractivity contribution in [1.82, 2.24) is 9.97 Å². The van der Waals surface area contributed by atoms with Crippen LogP contribution in [0.3, 0.4) is 0 Å². The zero-order chi connectivity index (χ0) is 25.1. The van der Waals surface area contributed by atoms with Crippen LogP contribution in [0, 0.1) is 0 Å². The Kier molecular flexibility index (Phi) is 5.08. The molecule has 0 unspecified atom stereocenters. The fraction of sp³-hybridized carbons (Fsp3) is 0.320. The SMILES string of the molecule is COc1cc2c(cc1Nc1ncc(C(F)(F)F)c(N3OCC[C@H]3c3ccccc3)n1)NC(=O)C21CC1. The summed E-state index contributed by atoms with van der Waals surface area (Å²) in [5.41, 5.74) is 1.24. The molecule has 1 aliphatic carbocycles. The van der Waals surface area contributed by atoms with E-state index in [1.165, 1.54) is 12.2 Å². The monoisotopic (exact) mass is 497 g/mol. The molecule has 1 atom stereocenters. The number of nitrogens with one attached hydrogen (secondary N) is 2. The van der Waals surface area contributed by atoms with E-state index < -0.39 is 23.2 Å². The second-order valence-corrected chi connectivity index (χ2v) is 9.06. The third kappa shape index (κ3) is 3.62. The third-order valence-corrected chi connectivity index (χ3v) is 6.91. The van der Waals surface area contributed by atoms with E-state index in [2.05, 4.69) is 20.6 Å². The minimum absolute atomic E-state index is 0.0529. The Morgan fingerprint density at radius 1 is 1.22 bits per heavy atom. The molecule has 1 aromatic heterocycles. The lowest BCUT2D eigenvalue weighted by molar-refractivity contribution is -0.138. The summed E-state index contributed by atoms with van der Waals surface area (Å²) in [5, 5.41) is 7.06. The van der Waals surface area contributed by atoms with Gasteiger partial charge in [0.05, 0.1) is 30.9 Å². The number of fused-ring (bicyclic) bond motifs is 2. The van der Waals surface area contributed by atoms with Gasteiger partial charge in [-0.15, -0.1) is 0 Å². The summed E-state index contributed by atoms with van der Waals surface area (Å²) in [6, 6.07) is 12.2. The summed E-state index contributed by atoms with van der Waals surface area (Å²) in [4.78, 5) is 26.2. The lowest BCUT2D eigenvalue weighted by atomic mass is 9.97. The standard InChI is InChI=1S/C25H22F3N5O3/c1-35-20-11-15-17(30-22(34)24(15)8-9-24)12-18(20)31-23-29-13-16(25(26,27)28)21(32-23)33-19(7-10-36-33)14-5-3-2-4-6-14/h2-6,11-13,19H,7-10H2,1H3,(H,30,34)(H,29,31,32)/t19-/m0/s1. The number of hydrogen-bond donors (Lipinski definition) is 2. The van der Waals surface area contributed by atoms with Gasteiger partial charge in [-0.1, -0.05) is 30.3 Å². The summed E-state index contributed by atoms with van der Waals surface area (Å²) >= 11 is 0. The molecule has 8 nitrogen and oxygen atoms in total. The highest BCUT2D eigenvalue weighted by atomic mass is 19.4. The molecule has 3 heterocycles. The number of methoxy groups -OCH3 is 1. The predicted octanol–water partition coefficient (Wildman–Crippen LogP) is 5.11. The summed E-state index contributed by atoms with van der Waals surface area (Å²) in [5.74, 6) is -0.0650. The van der Waals surface area contributed by atoms with Crippen LogP contribution in [0.2, 0.25) is 0 Å². The Morgan fingerprint density at radius 2 is 2.00 bits per heavy atom. The van der Waals surface area contributed by atoms with Gasteiger partial charge in [0.15, 0.2) is 5.82 Å². The van der Waals surface area contributed by atoms with Gasteiger partial charge in [-0.3, -0.25) is 9.63 Å². The highest BCUT2D eigenvalue weighted by molar-refractivity contribution is 6.09. The molecular weight excluding hydrogens is 475 g/mol. The van der Waals surface area contributed by atoms with Crippen LogP contribution in [0.4, 0.5) is 36.3 Å². The fourth-order valence-corrected chi connectivity index (χ4v) is 4.91. The third-order valence-electron chi connectivity index (χ3n) is 6.91. The van der Waals surface area contributed by atoms with Gasteiger partial charge in [0.25, 0.3) is 0 Å². The number of halogens is 3. The summed E-state index contributed by atoms with van der Waals surface area (Å²) < 4.78 is 47.3. The second-order valence-electron chi connectivity index (χ2n) is 9.06. The van der Waals surface area contributed by atoms with Crippen molar-refractivity contribution in [2.45, 2.75) is 36.9 Å². The Balaban J connectivity index is 1.38.